The van der Waals surface area contributed by atoms with Gasteiger partial charge in [-0.2, -0.15) is 13.2 Å². The number of benzene rings is 1. The third-order valence-corrected chi connectivity index (χ3v) is 7.17. The molecule has 1 aliphatic rings. The van der Waals surface area contributed by atoms with Crippen molar-refractivity contribution in [2.75, 3.05) is 46.8 Å². The van der Waals surface area contributed by atoms with E-state index in [0.29, 0.717) is 62.3 Å². The number of hydrogen-bond donors (Lipinski definition) is 2. The summed E-state index contributed by atoms with van der Waals surface area (Å²) in [6.45, 7) is 2.40. The maximum absolute atomic E-state index is 14.7. The summed E-state index contributed by atoms with van der Waals surface area (Å²) in [4.78, 5) is 54.1. The lowest BCUT2D eigenvalue weighted by Gasteiger charge is -2.23. The normalized spacial score (nSPS) is 14.2. The van der Waals surface area contributed by atoms with Crippen molar-refractivity contribution < 1.29 is 37.1 Å². The topological polar surface area (TPSA) is 118 Å². The molecule has 2 N–H and O–H groups in total. The molecule has 0 unspecified atom stereocenters. The number of nitrogens with zero attached hydrogens (tertiary/aromatic N) is 4. The Bertz CT molecular complexity index is 1540. The summed E-state index contributed by atoms with van der Waals surface area (Å²) in [7, 11) is 3.42. The molecule has 0 spiro atoms. The molecule has 16 heteroatoms. The highest BCUT2D eigenvalue weighted by Crippen LogP contribution is 2.27. The lowest BCUT2D eigenvalue weighted by atomic mass is 10.0. The summed E-state index contributed by atoms with van der Waals surface area (Å²) in [5, 5.41) is 7.59. The lowest BCUT2D eigenvalue weighted by Crippen LogP contribution is -2.39. The number of carboxylic acids is 1. The summed E-state index contributed by atoms with van der Waals surface area (Å²) in [5.41, 5.74) is 1.27. The summed E-state index contributed by atoms with van der Waals surface area (Å²) in [5.74, 6) is -3.74. The van der Waals surface area contributed by atoms with Gasteiger partial charge in [-0.25, -0.2) is 9.18 Å². The van der Waals surface area contributed by atoms with Gasteiger partial charge < -0.3 is 19.9 Å². The number of carbonyl (C=O) groups excluding carboxylic acids is 2. The second-order valence-corrected chi connectivity index (χ2v) is 10.4. The summed E-state index contributed by atoms with van der Waals surface area (Å²) in [6.07, 6.45) is -2.57. The van der Waals surface area contributed by atoms with Crippen LogP contribution in [0.4, 0.5) is 17.6 Å². The van der Waals surface area contributed by atoms with E-state index in [1.807, 2.05) is 4.90 Å². The molecule has 228 valence electrons. The number of halogens is 6. The Morgan fingerprint density at radius 1 is 1.07 bits per heavy atom. The van der Waals surface area contributed by atoms with Gasteiger partial charge in [-0.1, -0.05) is 29.3 Å². The number of hydrogen-bond acceptors (Lipinski definition) is 5. The Balaban J connectivity index is 0.000000616. The number of aromatic amines is 1. The predicted octanol–water partition coefficient (Wildman–Crippen LogP) is 3.53. The van der Waals surface area contributed by atoms with Crippen LogP contribution in [0.5, 0.6) is 0 Å². The van der Waals surface area contributed by atoms with E-state index in [2.05, 4.69) is 4.98 Å². The van der Waals surface area contributed by atoms with Crippen LogP contribution < -0.4 is 5.56 Å². The third kappa shape index (κ3) is 8.01. The first-order chi connectivity index (χ1) is 19.6. The van der Waals surface area contributed by atoms with Crippen LogP contribution in [0, 0.1) is 5.82 Å². The first kappa shape index (κ1) is 32.9. The molecule has 0 aliphatic carbocycles. The fraction of sp³-hybridized carbons (Fsp3) is 0.385. The highest BCUT2D eigenvalue weighted by Gasteiger charge is 2.38. The standard InChI is InChI=1S/C24H26Cl2FN5O3.C2HF3O2/c1-29(2)21(33)14-30-6-3-7-31(9-8-30)24(35)17-11-15(4-5-19(17)27)10-16-13-28-23(34)20-12-18(25)22(26)32(16)20;3-2(4,5)1(6)7/h4-5,11-13H,3,6-10,14H2,1-2H3,(H,28,34);(H,6,7). The van der Waals surface area contributed by atoms with Crippen molar-refractivity contribution in [3.8, 4) is 0 Å². The Labute approximate surface area is 247 Å². The van der Waals surface area contributed by atoms with Gasteiger partial charge in [0.05, 0.1) is 17.1 Å². The maximum atomic E-state index is 14.7. The monoisotopic (exact) mass is 635 g/mol. The van der Waals surface area contributed by atoms with Gasteiger partial charge in [-0.05, 0) is 30.2 Å². The van der Waals surface area contributed by atoms with Gasteiger partial charge in [-0.3, -0.25) is 23.7 Å². The van der Waals surface area contributed by atoms with Gasteiger partial charge in [0.1, 0.15) is 16.5 Å². The molecule has 1 aliphatic heterocycles. The van der Waals surface area contributed by atoms with Crippen LogP contribution in [0.1, 0.15) is 28.0 Å². The lowest BCUT2D eigenvalue weighted by molar-refractivity contribution is -0.192. The highest BCUT2D eigenvalue weighted by atomic mass is 35.5. The average Bonchev–Trinajstić information content (AvgIpc) is 3.07. The molecule has 10 nitrogen and oxygen atoms in total. The highest BCUT2D eigenvalue weighted by molar-refractivity contribution is 6.42. The molecule has 0 bridgehead atoms. The average molecular weight is 636 g/mol. The van der Waals surface area contributed by atoms with Crippen molar-refractivity contribution in [1.29, 1.82) is 0 Å². The van der Waals surface area contributed by atoms with Crippen LogP contribution in [-0.4, -0.2) is 100.0 Å². The number of aromatic nitrogens is 2. The SMILES string of the molecule is CN(C)C(=O)CN1CCCN(C(=O)c2cc(Cc3c[nH]c(=O)c4cc(Cl)c(Cl)n34)ccc2F)CC1.O=C(O)C(F)(F)F. The summed E-state index contributed by atoms with van der Waals surface area (Å²) in [6, 6.07) is 5.89. The summed E-state index contributed by atoms with van der Waals surface area (Å²) < 4.78 is 48.0. The number of alkyl halides is 3. The number of nitrogens with one attached hydrogen (secondary N) is 1. The Morgan fingerprint density at radius 2 is 1.74 bits per heavy atom. The van der Waals surface area contributed by atoms with Gasteiger partial charge in [0.2, 0.25) is 5.91 Å². The molecule has 4 rings (SSSR count). The molecule has 0 radical (unpaired) electrons. The van der Waals surface area contributed by atoms with Crippen molar-refractivity contribution in [2.45, 2.75) is 19.0 Å². The van der Waals surface area contributed by atoms with E-state index in [4.69, 9.17) is 33.1 Å². The minimum Gasteiger partial charge on any atom is -0.475 e. The quantitative estimate of drug-likeness (QED) is 0.414. The van der Waals surface area contributed by atoms with Crippen molar-refractivity contribution >= 4 is 46.5 Å². The van der Waals surface area contributed by atoms with Crippen LogP contribution in [0.2, 0.25) is 10.2 Å². The smallest absolute Gasteiger partial charge is 0.475 e. The number of carboxylic acid groups (broad SMARTS) is 1. The second kappa shape index (κ2) is 13.6. The Hall–Kier alpha value is -3.62. The van der Waals surface area contributed by atoms with Gasteiger partial charge in [0, 0.05) is 58.6 Å². The van der Waals surface area contributed by atoms with E-state index in [-0.39, 0.29) is 27.2 Å². The molecule has 1 fully saturated rings. The molecule has 42 heavy (non-hydrogen) atoms. The van der Waals surface area contributed by atoms with Crippen molar-refractivity contribution in [1.82, 2.24) is 24.1 Å². The Kier molecular flexibility index (Phi) is 10.6. The molecular formula is C26H27Cl2F4N5O5. The fourth-order valence-electron chi connectivity index (χ4n) is 4.21. The molecule has 1 aromatic carbocycles. The summed E-state index contributed by atoms with van der Waals surface area (Å²) >= 11 is 12.4. The zero-order valence-corrected chi connectivity index (χ0v) is 24.0. The molecule has 0 saturated carbocycles. The van der Waals surface area contributed by atoms with Gasteiger partial charge >= 0.3 is 12.1 Å². The van der Waals surface area contributed by atoms with Crippen LogP contribution in [0.3, 0.4) is 0 Å². The molecular weight excluding hydrogens is 609 g/mol. The van der Waals surface area contributed by atoms with E-state index in [1.54, 1.807) is 34.4 Å². The van der Waals surface area contributed by atoms with Crippen LogP contribution in [0.15, 0.2) is 35.3 Å². The van der Waals surface area contributed by atoms with E-state index < -0.39 is 23.9 Å². The maximum Gasteiger partial charge on any atom is 0.490 e. The third-order valence-electron chi connectivity index (χ3n) is 6.41. The number of likely N-dealkylation sites (N-methyl/N-ethyl adjacent to an activating group) is 1. The van der Waals surface area contributed by atoms with Crippen LogP contribution >= 0.6 is 23.2 Å². The first-order valence-electron chi connectivity index (χ1n) is 12.5. The van der Waals surface area contributed by atoms with Crippen LogP contribution in [0.25, 0.3) is 5.52 Å². The van der Waals surface area contributed by atoms with Gasteiger partial charge in [0.15, 0.2) is 0 Å². The molecule has 2 aromatic heterocycles. The number of amides is 2. The van der Waals surface area contributed by atoms with Crippen molar-refractivity contribution in [3.05, 3.63) is 73.6 Å². The number of fused-ring (bicyclic) bond motifs is 1. The second-order valence-electron chi connectivity index (χ2n) is 9.62. The minimum atomic E-state index is -5.08. The number of rotatable bonds is 5. The molecule has 0 atom stereocenters. The Morgan fingerprint density at radius 3 is 2.36 bits per heavy atom. The number of carbonyl (C=O) groups is 3. The molecule has 2 amide bonds. The largest absolute Gasteiger partial charge is 0.490 e. The van der Waals surface area contributed by atoms with Gasteiger partial charge in [0.25, 0.3) is 11.5 Å². The van der Waals surface area contributed by atoms with E-state index in [9.17, 15) is 31.9 Å². The minimum absolute atomic E-state index is 0.00368. The zero-order valence-electron chi connectivity index (χ0n) is 22.5. The van der Waals surface area contributed by atoms with E-state index in [1.165, 1.54) is 24.4 Å². The molecule has 3 heterocycles. The fourth-order valence-corrected chi connectivity index (χ4v) is 4.65. The van der Waals surface area contributed by atoms with Gasteiger partial charge in [-0.15, -0.1) is 0 Å². The predicted molar refractivity (Wildman–Crippen MR) is 147 cm³/mol. The molecule has 1 saturated heterocycles. The first-order valence-corrected chi connectivity index (χ1v) is 13.2. The van der Waals surface area contributed by atoms with E-state index in [0.717, 1.165) is 0 Å². The van der Waals surface area contributed by atoms with Crippen molar-refractivity contribution in [2.24, 2.45) is 0 Å². The number of H-pyrrole nitrogens is 1. The van der Waals surface area contributed by atoms with Crippen LogP contribution in [-0.2, 0) is 16.0 Å². The number of aliphatic carboxylic acids is 1. The molecule has 3 aromatic rings. The van der Waals surface area contributed by atoms with Crippen molar-refractivity contribution in [3.63, 3.8) is 0 Å². The zero-order chi connectivity index (χ0) is 31.4. The van der Waals surface area contributed by atoms with E-state index >= 15 is 0 Å².